The van der Waals surface area contributed by atoms with Gasteiger partial charge in [0.15, 0.2) is 5.82 Å². The third-order valence-corrected chi connectivity index (χ3v) is 9.71. The molecule has 0 saturated heterocycles. The van der Waals surface area contributed by atoms with E-state index in [4.69, 9.17) is 30.8 Å². The van der Waals surface area contributed by atoms with Gasteiger partial charge in [-0.05, 0) is 59.6 Å². The summed E-state index contributed by atoms with van der Waals surface area (Å²) in [6.45, 7) is 0. The molecule has 3 heterocycles. The molecule has 0 aliphatic heterocycles. The number of benzene rings is 7. The first-order valence-corrected chi connectivity index (χ1v) is 16.7. The Hall–Kier alpha value is -6.56. The maximum absolute atomic E-state index is 9.31. The van der Waals surface area contributed by atoms with Crippen LogP contribution in [0.4, 0.5) is 17.1 Å². The molecule has 10 rings (SSSR count). The second kappa shape index (κ2) is 12.1. The molecular weight excluding hydrogens is 643 g/mol. The maximum atomic E-state index is 9.31. The van der Waals surface area contributed by atoms with E-state index in [1.165, 1.54) is 12.1 Å². The number of hydrogen-bond acceptors (Lipinski definition) is 5. The highest BCUT2D eigenvalue weighted by Crippen LogP contribution is 2.43. The molecule has 0 spiro atoms. The normalized spacial score (nSPS) is 15.4. The van der Waals surface area contributed by atoms with Gasteiger partial charge in [-0.25, -0.2) is 9.97 Å². The first-order valence-electron chi connectivity index (χ1n) is 22.9. The number of nitrogens with zero attached hydrogens (tertiary/aromatic N) is 3. The van der Waals surface area contributed by atoms with Crippen LogP contribution >= 0.6 is 11.3 Å². The Morgan fingerprint density at radius 1 is 0.549 bits per heavy atom. The van der Waals surface area contributed by atoms with Gasteiger partial charge in [0.2, 0.25) is 0 Å². The molecule has 7 aromatic carbocycles. The minimum atomic E-state index is -0.795. The first kappa shape index (κ1) is 18.4. The quantitative estimate of drug-likeness (QED) is 0.175. The fraction of sp³-hybridized carbons (Fsp3) is 0. The predicted molar refractivity (Wildman–Crippen MR) is 213 cm³/mol. The minimum absolute atomic E-state index is 0.0294. The molecule has 0 aliphatic carbocycles. The summed E-state index contributed by atoms with van der Waals surface area (Å²) >= 11 is 1.61. The van der Waals surface area contributed by atoms with Crippen LogP contribution in [0.5, 0.6) is 0 Å². The summed E-state index contributed by atoms with van der Waals surface area (Å²) in [5.41, 5.74) is 1.65. The Morgan fingerprint density at radius 2 is 1.27 bits per heavy atom. The smallest absolute Gasteiger partial charge is 0.161 e. The molecule has 0 fully saturated rings. The van der Waals surface area contributed by atoms with E-state index in [0.29, 0.717) is 27.7 Å². The van der Waals surface area contributed by atoms with E-state index in [0.717, 1.165) is 36.5 Å². The summed E-state index contributed by atoms with van der Waals surface area (Å²) in [6, 6.07) is 17.6. The van der Waals surface area contributed by atoms with Gasteiger partial charge in [-0.2, -0.15) is 0 Å². The molecule has 51 heavy (non-hydrogen) atoms. The topological polar surface area (TPSA) is 42.2 Å². The summed E-state index contributed by atoms with van der Waals surface area (Å²) in [7, 11) is 0. The van der Waals surface area contributed by atoms with Crippen molar-refractivity contribution in [3.8, 4) is 33.8 Å². The van der Waals surface area contributed by atoms with Gasteiger partial charge in [-0.15, -0.1) is 11.3 Å². The molecule has 0 amide bonds. The van der Waals surface area contributed by atoms with Crippen molar-refractivity contribution in [1.29, 1.82) is 0 Å². The number of furan rings is 1. The lowest BCUT2D eigenvalue weighted by atomic mass is 10.0. The molecule has 0 unspecified atom stereocenters. The highest BCUT2D eigenvalue weighted by Gasteiger charge is 2.21. The second-order valence-corrected chi connectivity index (χ2v) is 12.6. The van der Waals surface area contributed by atoms with E-state index in [2.05, 4.69) is 0 Å². The zero-order chi connectivity index (χ0) is 45.9. The van der Waals surface area contributed by atoms with E-state index in [9.17, 15) is 2.74 Å². The van der Waals surface area contributed by atoms with Crippen LogP contribution in [0.15, 0.2) is 180 Å². The van der Waals surface area contributed by atoms with Crippen LogP contribution in [0.3, 0.4) is 0 Å². The zero-order valence-corrected chi connectivity index (χ0v) is 27.1. The van der Waals surface area contributed by atoms with Crippen molar-refractivity contribution in [1.82, 2.24) is 9.97 Å². The Morgan fingerprint density at radius 3 is 2.10 bits per heavy atom. The predicted octanol–water partition coefficient (Wildman–Crippen LogP) is 13.2. The highest BCUT2D eigenvalue weighted by atomic mass is 32.1. The van der Waals surface area contributed by atoms with Gasteiger partial charge < -0.3 is 9.32 Å². The molecule has 0 N–H and O–H groups in total. The van der Waals surface area contributed by atoms with Crippen molar-refractivity contribution in [2.24, 2.45) is 0 Å². The van der Waals surface area contributed by atoms with E-state index in [1.807, 2.05) is 66.7 Å². The van der Waals surface area contributed by atoms with Gasteiger partial charge in [0, 0.05) is 55.1 Å². The van der Waals surface area contributed by atoms with E-state index in [1.54, 1.807) is 23.5 Å². The average molecular weight is 686 g/mol. The molecule has 10 aromatic rings. The fourth-order valence-corrected chi connectivity index (χ4v) is 7.44. The molecule has 4 nitrogen and oxygen atoms in total. The molecule has 0 aliphatic rings. The van der Waals surface area contributed by atoms with E-state index >= 15 is 0 Å². The van der Waals surface area contributed by atoms with Crippen molar-refractivity contribution in [2.45, 2.75) is 0 Å². The molecule has 0 bridgehead atoms. The Balaban J connectivity index is 1.22. The summed E-state index contributed by atoms with van der Waals surface area (Å²) in [5.74, 6) is 0.431. The lowest BCUT2D eigenvalue weighted by Gasteiger charge is -2.25. The lowest BCUT2D eigenvalue weighted by molar-refractivity contribution is 0.669. The number of fused-ring (bicyclic) bond motifs is 6. The largest absolute Gasteiger partial charge is 0.456 e. The Labute approximate surface area is 318 Å². The van der Waals surface area contributed by atoms with Gasteiger partial charge in [-0.3, -0.25) is 0 Å². The van der Waals surface area contributed by atoms with Crippen LogP contribution < -0.4 is 4.90 Å². The molecule has 0 atom stereocenters. The van der Waals surface area contributed by atoms with E-state index in [-0.39, 0.29) is 11.3 Å². The third-order valence-electron chi connectivity index (χ3n) is 8.54. The fourth-order valence-electron chi connectivity index (χ4n) is 6.29. The second-order valence-electron chi connectivity index (χ2n) is 11.5. The van der Waals surface area contributed by atoms with Crippen LogP contribution in [-0.4, -0.2) is 9.97 Å². The third kappa shape index (κ3) is 5.06. The number of thiophene rings is 1. The monoisotopic (exact) mass is 685 g/mol. The maximum Gasteiger partial charge on any atom is 0.161 e. The van der Waals surface area contributed by atoms with Gasteiger partial charge in [0.05, 0.1) is 35.1 Å². The van der Waals surface area contributed by atoms with Crippen molar-refractivity contribution in [3.63, 3.8) is 0 Å². The summed E-state index contributed by atoms with van der Waals surface area (Å²) in [5, 5.41) is 2.20. The zero-order valence-electron chi connectivity index (χ0n) is 40.3. The van der Waals surface area contributed by atoms with Crippen LogP contribution in [0, 0.1) is 0 Å². The Kier molecular flexibility index (Phi) is 4.37. The van der Waals surface area contributed by atoms with E-state index < -0.39 is 107 Å². The first-order chi connectivity index (χ1) is 31.1. The molecule has 240 valence electrons. The average Bonchev–Trinajstić information content (AvgIpc) is 3.89. The van der Waals surface area contributed by atoms with Crippen LogP contribution in [0.1, 0.15) is 19.2 Å². The number of aromatic nitrogens is 2. The summed E-state index contributed by atoms with van der Waals surface area (Å²) in [4.78, 5) is 11.3. The highest BCUT2D eigenvalue weighted by molar-refractivity contribution is 7.26. The standard InChI is InChI=1S/C46H29N3OS/c1-4-13-30(14-5-1)31-23-25-34(26-24-31)49(33-17-8-3-9-18-33)35-27-28-36-40(29-35)50-39-21-12-20-38(42(36)39)46-47-43(32-15-6-2-7-16-32)45-44(48-46)37-19-10-11-22-41(37)51-45/h1-29H/i1D,3D,4D,5D,8D,9D,13D,14D,17D,18D,23D,24D,25D,26D. The molecular formula is C46H29N3OS. The van der Waals surface area contributed by atoms with Crippen LogP contribution in [0.2, 0.25) is 0 Å². The molecule has 3 aromatic heterocycles. The summed E-state index contributed by atoms with van der Waals surface area (Å²) in [6.07, 6.45) is 0. The van der Waals surface area contributed by atoms with Gasteiger partial charge in [-0.1, -0.05) is 121 Å². The van der Waals surface area contributed by atoms with Gasteiger partial charge in [0.25, 0.3) is 0 Å². The van der Waals surface area contributed by atoms with Crippen molar-refractivity contribution < 1.29 is 23.6 Å². The van der Waals surface area contributed by atoms with Crippen LogP contribution in [-0.2, 0) is 0 Å². The number of anilines is 3. The Bertz CT molecular complexity index is 3600. The van der Waals surface area contributed by atoms with Gasteiger partial charge >= 0.3 is 0 Å². The van der Waals surface area contributed by atoms with Crippen molar-refractivity contribution >= 4 is 70.6 Å². The van der Waals surface area contributed by atoms with Gasteiger partial charge in [0.1, 0.15) is 11.2 Å². The SMILES string of the molecule is [2H]c1c([2H])c([2H])c(-c2c([2H])c([2H])c(N(c3ccc4c(c3)oc3cccc(-c5nc(-c6ccccc6)c6sc7ccccc7c6n5)c34)c3c([2H])c([2H])c([2H])c([2H])c3[2H])c([2H])c2[2H])c([2H])c1[2H]. The van der Waals surface area contributed by atoms with Crippen molar-refractivity contribution in [2.75, 3.05) is 4.90 Å². The number of rotatable bonds is 6. The number of para-hydroxylation sites is 1. The summed E-state index contributed by atoms with van der Waals surface area (Å²) < 4.78 is 130. The number of hydrogen-bond donors (Lipinski definition) is 0. The lowest BCUT2D eigenvalue weighted by Crippen LogP contribution is -2.09. The van der Waals surface area contributed by atoms with Crippen LogP contribution in [0.25, 0.3) is 76.0 Å². The molecule has 0 radical (unpaired) electrons. The van der Waals surface area contributed by atoms with Crippen molar-refractivity contribution in [3.05, 3.63) is 176 Å². The molecule has 0 saturated carbocycles. The molecule has 5 heteroatoms. The minimum Gasteiger partial charge on any atom is -0.456 e.